The molecule has 1 atom stereocenters. The Hall–Kier alpha value is -4.50. The average molecular weight is 593 g/mol. The molecule has 2 aliphatic rings. The molecule has 9 nitrogen and oxygen atoms in total. The Morgan fingerprint density at radius 1 is 0.955 bits per heavy atom. The topological polar surface area (TPSA) is 142 Å². The highest BCUT2D eigenvalue weighted by molar-refractivity contribution is 5.99. The fourth-order valence-corrected chi connectivity index (χ4v) is 6.08. The Morgan fingerprint density at radius 3 is 2.43 bits per heavy atom. The van der Waals surface area contributed by atoms with Crippen molar-refractivity contribution in [1.29, 1.82) is 0 Å². The van der Waals surface area contributed by atoms with E-state index >= 15 is 0 Å². The third-order valence-electron chi connectivity index (χ3n) is 9.00. The molecule has 228 valence electrons. The summed E-state index contributed by atoms with van der Waals surface area (Å²) >= 11 is 0. The molecule has 6 N–H and O–H groups in total. The van der Waals surface area contributed by atoms with Crippen molar-refractivity contribution in [2.75, 3.05) is 11.9 Å². The molecule has 6 rings (SSSR count). The van der Waals surface area contributed by atoms with Crippen LogP contribution < -0.4 is 21.7 Å². The van der Waals surface area contributed by atoms with E-state index in [-0.39, 0.29) is 23.6 Å². The molecule has 44 heavy (non-hydrogen) atoms. The van der Waals surface area contributed by atoms with Crippen LogP contribution in [0, 0.1) is 18.8 Å². The lowest BCUT2D eigenvalue weighted by Gasteiger charge is -2.28. The summed E-state index contributed by atoms with van der Waals surface area (Å²) in [5.41, 5.74) is 12.0. The summed E-state index contributed by atoms with van der Waals surface area (Å²) in [6.07, 6.45) is 7.62. The van der Waals surface area contributed by atoms with Gasteiger partial charge in [-0.15, -0.1) is 0 Å². The van der Waals surface area contributed by atoms with Crippen molar-refractivity contribution < 1.29 is 14.4 Å². The van der Waals surface area contributed by atoms with Crippen LogP contribution in [0.3, 0.4) is 0 Å². The third kappa shape index (κ3) is 7.00. The zero-order chi connectivity index (χ0) is 30.6. The van der Waals surface area contributed by atoms with Gasteiger partial charge in [0.2, 0.25) is 11.8 Å². The van der Waals surface area contributed by atoms with Crippen molar-refractivity contribution in [1.82, 2.24) is 20.8 Å². The van der Waals surface area contributed by atoms with Crippen LogP contribution in [0.2, 0.25) is 0 Å². The molecule has 2 saturated carbocycles. The number of amides is 3. The van der Waals surface area contributed by atoms with Crippen LogP contribution in [0.5, 0.6) is 0 Å². The summed E-state index contributed by atoms with van der Waals surface area (Å²) in [7, 11) is 0. The van der Waals surface area contributed by atoms with Crippen molar-refractivity contribution in [2.45, 2.75) is 64.0 Å². The van der Waals surface area contributed by atoms with E-state index in [4.69, 9.17) is 5.73 Å². The first kappa shape index (κ1) is 29.6. The minimum Gasteiger partial charge on any atom is -0.349 e. The van der Waals surface area contributed by atoms with Crippen LogP contribution in [0.25, 0.3) is 22.0 Å². The van der Waals surface area contributed by atoms with Crippen LogP contribution in [0.1, 0.15) is 60.0 Å². The maximum atomic E-state index is 13.6. The normalized spacial score (nSPS) is 18.9. The van der Waals surface area contributed by atoms with Gasteiger partial charge in [0.25, 0.3) is 5.91 Å². The van der Waals surface area contributed by atoms with Gasteiger partial charge in [0.15, 0.2) is 0 Å². The molecule has 0 saturated heterocycles. The Balaban J connectivity index is 1.16. The third-order valence-corrected chi connectivity index (χ3v) is 9.00. The summed E-state index contributed by atoms with van der Waals surface area (Å²) in [5.74, 6) is -0.0285. The first-order valence-electron chi connectivity index (χ1n) is 15.6. The van der Waals surface area contributed by atoms with Crippen LogP contribution in [-0.4, -0.2) is 46.5 Å². The standard InChI is InChI=1S/C35H40N6O3/c1-21-16-26(34(43)38-28-13-14-28)11-15-30(21)24-6-2-22(3-7-24)17-32(40-33(42)25-8-4-23(19-36)5-9-25)35(44)39-29-12-10-27-20-37-41-31(27)18-29/h2-3,6-7,10-12,15-16,18,20,23,25,28,32H,4-5,8-9,13-14,17,19,36H2,1H3,(H,37,41)(H,38,43)(H,39,44)(H,40,42). The molecule has 1 unspecified atom stereocenters. The number of nitrogens with one attached hydrogen (secondary N) is 4. The second-order valence-electron chi connectivity index (χ2n) is 12.4. The number of hydrogen-bond donors (Lipinski definition) is 5. The van der Waals surface area contributed by atoms with Crippen LogP contribution >= 0.6 is 0 Å². The zero-order valence-corrected chi connectivity index (χ0v) is 25.1. The molecular weight excluding hydrogens is 552 g/mol. The van der Waals surface area contributed by atoms with Crippen molar-refractivity contribution in [3.63, 3.8) is 0 Å². The summed E-state index contributed by atoms with van der Waals surface area (Å²) in [6.45, 7) is 2.66. The van der Waals surface area contributed by atoms with E-state index in [2.05, 4.69) is 26.1 Å². The fraction of sp³-hybridized carbons (Fsp3) is 0.371. The summed E-state index contributed by atoms with van der Waals surface area (Å²) in [5, 5.41) is 17.0. The maximum absolute atomic E-state index is 13.6. The van der Waals surface area contributed by atoms with E-state index in [1.165, 1.54) is 0 Å². The SMILES string of the molecule is Cc1cc(C(=O)NC2CC2)ccc1-c1ccc(CC(NC(=O)C2CCC(CN)CC2)C(=O)Nc2ccc3cn[nH]c3c2)cc1. The molecule has 0 spiro atoms. The number of carbonyl (C=O) groups excluding carboxylic acids is 3. The molecule has 0 bridgehead atoms. The number of aromatic amines is 1. The smallest absolute Gasteiger partial charge is 0.251 e. The fourth-order valence-electron chi connectivity index (χ4n) is 6.08. The molecule has 2 aliphatic carbocycles. The van der Waals surface area contributed by atoms with E-state index in [1.54, 1.807) is 6.20 Å². The summed E-state index contributed by atoms with van der Waals surface area (Å²) in [6, 6.07) is 19.0. The van der Waals surface area contributed by atoms with E-state index < -0.39 is 6.04 Å². The van der Waals surface area contributed by atoms with Gasteiger partial charge in [0, 0.05) is 35.0 Å². The molecule has 1 heterocycles. The molecule has 9 heteroatoms. The van der Waals surface area contributed by atoms with E-state index in [1.807, 2.05) is 67.6 Å². The molecule has 4 aromatic rings. The quantitative estimate of drug-likeness (QED) is 0.179. The number of aromatic nitrogens is 2. The molecule has 1 aromatic heterocycles. The number of H-pyrrole nitrogens is 1. The van der Waals surface area contributed by atoms with Gasteiger partial charge in [-0.2, -0.15) is 5.10 Å². The second kappa shape index (κ2) is 13.0. The van der Waals surface area contributed by atoms with Gasteiger partial charge < -0.3 is 21.7 Å². The van der Waals surface area contributed by atoms with Crippen molar-refractivity contribution >= 4 is 34.3 Å². The highest BCUT2D eigenvalue weighted by Gasteiger charge is 2.29. The predicted octanol–water partition coefficient (Wildman–Crippen LogP) is 4.86. The number of nitrogens with zero attached hydrogens (tertiary/aromatic N) is 1. The first-order chi connectivity index (χ1) is 21.4. The van der Waals surface area contributed by atoms with Gasteiger partial charge in [-0.25, -0.2) is 0 Å². The average Bonchev–Trinajstić information content (AvgIpc) is 3.73. The summed E-state index contributed by atoms with van der Waals surface area (Å²) < 4.78 is 0. The van der Waals surface area contributed by atoms with Crippen LogP contribution in [0.15, 0.2) is 66.9 Å². The van der Waals surface area contributed by atoms with Gasteiger partial charge >= 0.3 is 0 Å². The van der Waals surface area contributed by atoms with E-state index in [0.717, 1.165) is 71.7 Å². The minimum absolute atomic E-state index is 0.0271. The minimum atomic E-state index is -0.746. The maximum Gasteiger partial charge on any atom is 0.251 e. The second-order valence-corrected chi connectivity index (χ2v) is 12.4. The lowest BCUT2D eigenvalue weighted by molar-refractivity contribution is -0.130. The van der Waals surface area contributed by atoms with E-state index in [0.29, 0.717) is 36.2 Å². The number of aryl methyl sites for hydroxylation is 1. The van der Waals surface area contributed by atoms with Gasteiger partial charge in [0.1, 0.15) is 6.04 Å². The Labute approximate surface area is 257 Å². The van der Waals surface area contributed by atoms with Crippen LogP contribution in [-0.2, 0) is 16.0 Å². The zero-order valence-electron chi connectivity index (χ0n) is 25.1. The number of anilines is 1. The van der Waals surface area contributed by atoms with Crippen molar-refractivity contribution in [2.24, 2.45) is 17.6 Å². The van der Waals surface area contributed by atoms with Crippen molar-refractivity contribution in [3.8, 4) is 11.1 Å². The monoisotopic (exact) mass is 592 g/mol. The Kier molecular flexibility index (Phi) is 8.74. The summed E-state index contributed by atoms with van der Waals surface area (Å²) in [4.78, 5) is 39.4. The number of rotatable bonds is 10. The number of carbonyl (C=O) groups is 3. The van der Waals surface area contributed by atoms with E-state index in [9.17, 15) is 14.4 Å². The molecule has 3 amide bonds. The van der Waals surface area contributed by atoms with Gasteiger partial charge in [0.05, 0.1) is 11.7 Å². The van der Waals surface area contributed by atoms with Gasteiger partial charge in [-0.05, 0) is 110 Å². The van der Waals surface area contributed by atoms with Gasteiger partial charge in [-0.1, -0.05) is 30.3 Å². The largest absolute Gasteiger partial charge is 0.349 e. The first-order valence-corrected chi connectivity index (χ1v) is 15.6. The molecule has 3 aromatic carbocycles. The highest BCUT2D eigenvalue weighted by Crippen LogP contribution is 2.29. The van der Waals surface area contributed by atoms with Crippen LogP contribution in [0.4, 0.5) is 5.69 Å². The molecule has 2 fully saturated rings. The highest BCUT2D eigenvalue weighted by atomic mass is 16.2. The Morgan fingerprint density at radius 2 is 1.73 bits per heavy atom. The lowest BCUT2D eigenvalue weighted by Crippen LogP contribution is -2.48. The number of fused-ring (bicyclic) bond motifs is 1. The number of benzene rings is 3. The molecule has 0 aliphatic heterocycles. The van der Waals surface area contributed by atoms with Crippen molar-refractivity contribution in [3.05, 3.63) is 83.6 Å². The lowest BCUT2D eigenvalue weighted by atomic mass is 9.81. The molecular formula is C35H40N6O3. The van der Waals surface area contributed by atoms with Gasteiger partial charge in [-0.3, -0.25) is 19.5 Å². The predicted molar refractivity (Wildman–Crippen MR) is 172 cm³/mol. The Bertz CT molecular complexity index is 1650. The number of hydrogen-bond acceptors (Lipinski definition) is 5. The molecule has 0 radical (unpaired) electrons. The number of nitrogens with two attached hydrogens (primary N) is 1.